The van der Waals surface area contributed by atoms with Gasteiger partial charge in [0.25, 0.3) is 5.69 Å². The zero-order valence-corrected chi connectivity index (χ0v) is 11.3. The molecular formula is C18H13NO2. The predicted molar refractivity (Wildman–Crippen MR) is 86.0 cm³/mol. The Labute approximate surface area is 122 Å². The van der Waals surface area contributed by atoms with Gasteiger partial charge >= 0.3 is 0 Å². The Morgan fingerprint density at radius 3 is 2.48 bits per heavy atom. The molecule has 0 aliphatic rings. The van der Waals surface area contributed by atoms with E-state index in [0.29, 0.717) is 0 Å². The molecule has 0 saturated heterocycles. The van der Waals surface area contributed by atoms with Crippen LogP contribution in [0.25, 0.3) is 22.9 Å². The molecule has 0 N–H and O–H groups in total. The maximum absolute atomic E-state index is 10.8. The molecule has 0 fully saturated rings. The fourth-order valence-electron chi connectivity index (χ4n) is 2.32. The van der Waals surface area contributed by atoms with Crippen molar-refractivity contribution in [3.63, 3.8) is 0 Å². The van der Waals surface area contributed by atoms with Crippen molar-refractivity contribution < 1.29 is 4.92 Å². The Morgan fingerprint density at radius 1 is 0.857 bits per heavy atom. The van der Waals surface area contributed by atoms with E-state index in [4.69, 9.17) is 0 Å². The number of rotatable bonds is 3. The quantitative estimate of drug-likeness (QED) is 0.387. The van der Waals surface area contributed by atoms with Gasteiger partial charge in [-0.25, -0.2) is 0 Å². The van der Waals surface area contributed by atoms with E-state index in [0.717, 1.165) is 11.1 Å². The lowest BCUT2D eigenvalue weighted by atomic mass is 10.0. The molecule has 0 spiro atoms. The van der Waals surface area contributed by atoms with E-state index >= 15 is 0 Å². The fourth-order valence-corrected chi connectivity index (χ4v) is 2.32. The number of nitrogens with zero attached hydrogens (tertiary/aromatic N) is 1. The molecule has 3 aromatic carbocycles. The van der Waals surface area contributed by atoms with Crippen LogP contribution in [0.5, 0.6) is 0 Å². The molecule has 0 radical (unpaired) electrons. The molecule has 3 nitrogen and oxygen atoms in total. The zero-order chi connectivity index (χ0) is 14.7. The topological polar surface area (TPSA) is 43.1 Å². The second-order valence-corrected chi connectivity index (χ2v) is 4.75. The van der Waals surface area contributed by atoms with E-state index in [-0.39, 0.29) is 10.6 Å². The first kappa shape index (κ1) is 13.1. The SMILES string of the molecule is O=[N+]([O-])c1cccc(/C=C\c2cccc3ccccc23)c1. The summed E-state index contributed by atoms with van der Waals surface area (Å²) in [4.78, 5) is 10.4. The van der Waals surface area contributed by atoms with E-state index in [1.807, 2.05) is 42.5 Å². The number of non-ortho nitro benzene ring substituents is 1. The average Bonchev–Trinajstić information content (AvgIpc) is 2.53. The third-order valence-corrected chi connectivity index (χ3v) is 3.36. The van der Waals surface area contributed by atoms with E-state index in [1.165, 1.54) is 16.8 Å². The molecule has 0 aliphatic carbocycles. The highest BCUT2D eigenvalue weighted by molar-refractivity contribution is 5.92. The Balaban J connectivity index is 1.98. The van der Waals surface area contributed by atoms with Gasteiger partial charge in [-0.2, -0.15) is 0 Å². The average molecular weight is 275 g/mol. The van der Waals surface area contributed by atoms with Crippen molar-refractivity contribution in [3.05, 3.63) is 88.0 Å². The summed E-state index contributed by atoms with van der Waals surface area (Å²) in [5, 5.41) is 13.1. The Bertz CT molecular complexity index is 832. The maximum Gasteiger partial charge on any atom is 0.270 e. The monoisotopic (exact) mass is 275 g/mol. The van der Waals surface area contributed by atoms with Gasteiger partial charge in [0.2, 0.25) is 0 Å². The van der Waals surface area contributed by atoms with E-state index < -0.39 is 0 Å². The standard InChI is InChI=1S/C18H13NO2/c20-19(21)17-9-3-5-14(13-17)11-12-16-8-4-7-15-6-1-2-10-18(15)16/h1-13H/b12-11-. The predicted octanol–water partition coefficient (Wildman–Crippen LogP) is 4.92. The van der Waals surface area contributed by atoms with Gasteiger partial charge in [0.15, 0.2) is 0 Å². The number of nitro groups is 1. The second kappa shape index (κ2) is 5.59. The van der Waals surface area contributed by atoms with Crippen molar-refractivity contribution in [2.24, 2.45) is 0 Å². The summed E-state index contributed by atoms with van der Waals surface area (Å²) < 4.78 is 0. The fraction of sp³-hybridized carbons (Fsp3) is 0. The Hall–Kier alpha value is -2.94. The van der Waals surface area contributed by atoms with E-state index in [2.05, 4.69) is 18.2 Å². The van der Waals surface area contributed by atoms with Crippen LogP contribution in [0.3, 0.4) is 0 Å². The molecular weight excluding hydrogens is 262 g/mol. The van der Waals surface area contributed by atoms with Crippen molar-refractivity contribution in [1.82, 2.24) is 0 Å². The summed E-state index contributed by atoms with van der Waals surface area (Å²) in [6.07, 6.45) is 3.89. The lowest BCUT2D eigenvalue weighted by Gasteiger charge is -2.01. The highest BCUT2D eigenvalue weighted by atomic mass is 16.6. The summed E-state index contributed by atoms with van der Waals surface area (Å²) >= 11 is 0. The zero-order valence-electron chi connectivity index (χ0n) is 11.3. The van der Waals surface area contributed by atoms with Crippen LogP contribution in [0.1, 0.15) is 11.1 Å². The van der Waals surface area contributed by atoms with Crippen molar-refractivity contribution >= 4 is 28.6 Å². The molecule has 0 aliphatic heterocycles. The van der Waals surface area contributed by atoms with Crippen molar-refractivity contribution in [2.75, 3.05) is 0 Å². The van der Waals surface area contributed by atoms with Crippen LogP contribution in [-0.2, 0) is 0 Å². The maximum atomic E-state index is 10.8. The summed E-state index contributed by atoms with van der Waals surface area (Å²) in [5.74, 6) is 0. The smallest absolute Gasteiger partial charge is 0.258 e. The van der Waals surface area contributed by atoms with E-state index in [1.54, 1.807) is 12.1 Å². The first-order valence-electron chi connectivity index (χ1n) is 6.64. The normalized spacial score (nSPS) is 11.0. The third kappa shape index (κ3) is 2.82. The van der Waals surface area contributed by atoms with Gasteiger partial charge in [-0.05, 0) is 21.9 Å². The van der Waals surface area contributed by atoms with Crippen LogP contribution in [-0.4, -0.2) is 4.92 Å². The van der Waals surface area contributed by atoms with Gasteiger partial charge in [-0.3, -0.25) is 10.1 Å². The van der Waals surface area contributed by atoms with Crippen LogP contribution in [0.4, 0.5) is 5.69 Å². The molecule has 21 heavy (non-hydrogen) atoms. The molecule has 3 aromatic rings. The number of nitro benzene ring substituents is 1. The summed E-state index contributed by atoms with van der Waals surface area (Å²) in [6, 6.07) is 20.9. The van der Waals surface area contributed by atoms with Crippen molar-refractivity contribution in [1.29, 1.82) is 0 Å². The molecule has 3 heteroatoms. The van der Waals surface area contributed by atoms with E-state index in [9.17, 15) is 10.1 Å². The molecule has 0 unspecified atom stereocenters. The third-order valence-electron chi connectivity index (χ3n) is 3.36. The molecule has 3 rings (SSSR count). The molecule has 102 valence electrons. The minimum Gasteiger partial charge on any atom is -0.258 e. The first-order chi connectivity index (χ1) is 10.2. The van der Waals surface area contributed by atoms with Gasteiger partial charge in [0, 0.05) is 12.1 Å². The van der Waals surface area contributed by atoms with Gasteiger partial charge < -0.3 is 0 Å². The largest absolute Gasteiger partial charge is 0.270 e. The van der Waals surface area contributed by atoms with Crippen LogP contribution in [0.15, 0.2) is 66.7 Å². The molecule has 0 saturated carbocycles. The van der Waals surface area contributed by atoms with Gasteiger partial charge in [0.1, 0.15) is 0 Å². The highest BCUT2D eigenvalue weighted by Gasteiger charge is 2.03. The summed E-state index contributed by atoms with van der Waals surface area (Å²) in [5.41, 5.74) is 2.02. The van der Waals surface area contributed by atoms with Crippen molar-refractivity contribution in [2.45, 2.75) is 0 Å². The Kier molecular flexibility index (Phi) is 3.48. The Morgan fingerprint density at radius 2 is 1.62 bits per heavy atom. The summed E-state index contributed by atoms with van der Waals surface area (Å²) in [7, 11) is 0. The second-order valence-electron chi connectivity index (χ2n) is 4.75. The molecule has 0 bridgehead atoms. The highest BCUT2D eigenvalue weighted by Crippen LogP contribution is 2.21. The molecule has 0 heterocycles. The number of fused-ring (bicyclic) bond motifs is 1. The number of hydrogen-bond acceptors (Lipinski definition) is 2. The molecule has 0 aromatic heterocycles. The van der Waals surface area contributed by atoms with Gasteiger partial charge in [0.05, 0.1) is 4.92 Å². The minimum absolute atomic E-state index is 0.107. The minimum atomic E-state index is -0.380. The lowest BCUT2D eigenvalue weighted by molar-refractivity contribution is -0.384. The van der Waals surface area contributed by atoms with Crippen molar-refractivity contribution in [3.8, 4) is 0 Å². The summed E-state index contributed by atoms with van der Waals surface area (Å²) in [6.45, 7) is 0. The molecule has 0 atom stereocenters. The number of hydrogen-bond donors (Lipinski definition) is 0. The number of benzene rings is 3. The van der Waals surface area contributed by atoms with Crippen LogP contribution < -0.4 is 0 Å². The van der Waals surface area contributed by atoms with Gasteiger partial charge in [-0.1, -0.05) is 66.7 Å². The lowest BCUT2D eigenvalue weighted by Crippen LogP contribution is -1.87. The first-order valence-corrected chi connectivity index (χ1v) is 6.64. The van der Waals surface area contributed by atoms with Crippen LogP contribution >= 0.6 is 0 Å². The van der Waals surface area contributed by atoms with Gasteiger partial charge in [-0.15, -0.1) is 0 Å². The molecule has 0 amide bonds. The van der Waals surface area contributed by atoms with Crippen LogP contribution in [0.2, 0.25) is 0 Å². The van der Waals surface area contributed by atoms with Crippen LogP contribution in [0, 0.1) is 10.1 Å².